The van der Waals surface area contributed by atoms with Gasteiger partial charge in [-0.15, -0.1) is 0 Å². The van der Waals surface area contributed by atoms with Gasteiger partial charge in [-0.3, -0.25) is 0 Å². The van der Waals surface area contributed by atoms with Crippen molar-refractivity contribution in [3.05, 3.63) is 30.1 Å². The number of aryl methyl sites for hydroxylation is 1. The Morgan fingerprint density at radius 3 is 2.85 bits per heavy atom. The minimum atomic E-state index is -0.214. The third kappa shape index (κ3) is 2.19. The van der Waals surface area contributed by atoms with Gasteiger partial charge in [-0.1, -0.05) is 19.1 Å². The molecule has 0 radical (unpaired) electrons. The molecular weight excluding hydrogens is 252 g/mol. The molecule has 3 rings (SSSR count). The first-order valence-electron chi connectivity index (χ1n) is 7.30. The van der Waals surface area contributed by atoms with E-state index in [1.54, 1.807) is 0 Å². The zero-order chi connectivity index (χ0) is 14.1. The molecule has 2 aromatic rings. The van der Waals surface area contributed by atoms with Crippen LogP contribution in [0.1, 0.15) is 38.1 Å². The van der Waals surface area contributed by atoms with Gasteiger partial charge in [0, 0.05) is 6.42 Å². The minimum Gasteiger partial charge on any atom is -0.467 e. The van der Waals surface area contributed by atoms with Crippen LogP contribution in [0.25, 0.3) is 11.0 Å². The molecule has 0 bridgehead atoms. The Kier molecular flexibility index (Phi) is 3.47. The van der Waals surface area contributed by atoms with Crippen LogP contribution in [-0.2, 0) is 16.0 Å². The maximum atomic E-state index is 12.2. The van der Waals surface area contributed by atoms with Crippen LogP contribution in [0, 0.1) is 5.92 Å². The lowest BCUT2D eigenvalue weighted by molar-refractivity contribution is -0.145. The number of fused-ring (bicyclic) bond motifs is 1. The van der Waals surface area contributed by atoms with Crippen molar-refractivity contribution in [3.8, 4) is 0 Å². The molecule has 1 aliphatic rings. The van der Waals surface area contributed by atoms with Crippen LogP contribution in [0.2, 0.25) is 0 Å². The first kappa shape index (κ1) is 13.2. The highest BCUT2D eigenvalue weighted by atomic mass is 16.5. The number of esters is 1. The molecule has 0 amide bonds. The highest BCUT2D eigenvalue weighted by Gasteiger charge is 2.40. The molecule has 1 atom stereocenters. The third-order valence-corrected chi connectivity index (χ3v) is 3.93. The fourth-order valence-electron chi connectivity index (χ4n) is 2.85. The number of para-hydroxylation sites is 2. The van der Waals surface area contributed by atoms with Crippen molar-refractivity contribution >= 4 is 17.0 Å². The Bertz CT molecular complexity index is 628. The summed E-state index contributed by atoms with van der Waals surface area (Å²) in [5.41, 5.74) is 2.00. The maximum Gasteiger partial charge on any atom is 0.329 e. The number of carbonyl (C=O) groups is 1. The Balaban J connectivity index is 2.15. The average molecular weight is 272 g/mol. The summed E-state index contributed by atoms with van der Waals surface area (Å²) in [5.74, 6) is 1.25. The summed E-state index contributed by atoms with van der Waals surface area (Å²) in [7, 11) is 1.47. The Morgan fingerprint density at radius 1 is 1.45 bits per heavy atom. The zero-order valence-corrected chi connectivity index (χ0v) is 12.0. The molecule has 0 aliphatic heterocycles. The van der Waals surface area contributed by atoms with Crippen LogP contribution in [-0.4, -0.2) is 22.6 Å². The molecule has 1 heterocycles. The van der Waals surface area contributed by atoms with Crippen LogP contribution in [0.4, 0.5) is 0 Å². The number of nitrogens with zero attached hydrogens (tertiary/aromatic N) is 2. The molecule has 4 nitrogen and oxygen atoms in total. The van der Waals surface area contributed by atoms with Crippen LogP contribution < -0.4 is 0 Å². The number of aromatic nitrogens is 2. The average Bonchev–Trinajstić information content (AvgIpc) is 3.23. The van der Waals surface area contributed by atoms with Crippen molar-refractivity contribution in [1.82, 2.24) is 9.55 Å². The van der Waals surface area contributed by atoms with Gasteiger partial charge >= 0.3 is 5.97 Å². The zero-order valence-electron chi connectivity index (χ0n) is 12.0. The van der Waals surface area contributed by atoms with Crippen LogP contribution in [0.15, 0.2) is 24.3 Å². The van der Waals surface area contributed by atoms with Crippen molar-refractivity contribution in [2.45, 2.75) is 38.6 Å². The number of ether oxygens (including phenoxy) is 1. The first-order valence-corrected chi connectivity index (χ1v) is 7.30. The van der Waals surface area contributed by atoms with Gasteiger partial charge in [0.1, 0.15) is 11.9 Å². The van der Waals surface area contributed by atoms with Gasteiger partial charge in [0.2, 0.25) is 0 Å². The number of imidazole rings is 1. The topological polar surface area (TPSA) is 44.1 Å². The number of methoxy groups -OCH3 is 1. The van der Waals surface area contributed by atoms with Gasteiger partial charge < -0.3 is 9.30 Å². The van der Waals surface area contributed by atoms with Crippen molar-refractivity contribution in [2.24, 2.45) is 5.92 Å². The highest BCUT2D eigenvalue weighted by Crippen LogP contribution is 2.42. The van der Waals surface area contributed by atoms with E-state index in [9.17, 15) is 4.79 Å². The second kappa shape index (κ2) is 5.27. The summed E-state index contributed by atoms with van der Waals surface area (Å²) in [6.07, 6.45) is 4.09. The van der Waals surface area contributed by atoms with Gasteiger partial charge in [-0.25, -0.2) is 9.78 Å². The molecule has 1 fully saturated rings. The molecule has 20 heavy (non-hydrogen) atoms. The molecule has 1 aromatic carbocycles. The lowest BCUT2D eigenvalue weighted by Gasteiger charge is -2.19. The van der Waals surface area contributed by atoms with E-state index in [1.807, 2.05) is 24.3 Å². The van der Waals surface area contributed by atoms with Gasteiger partial charge in [-0.05, 0) is 37.3 Å². The van der Waals surface area contributed by atoms with E-state index in [0.29, 0.717) is 5.92 Å². The van der Waals surface area contributed by atoms with Crippen LogP contribution >= 0.6 is 0 Å². The molecule has 4 heteroatoms. The van der Waals surface area contributed by atoms with Gasteiger partial charge in [-0.2, -0.15) is 0 Å². The molecule has 0 N–H and O–H groups in total. The second-order valence-corrected chi connectivity index (χ2v) is 5.44. The molecule has 1 unspecified atom stereocenters. The number of benzene rings is 1. The smallest absolute Gasteiger partial charge is 0.329 e. The van der Waals surface area contributed by atoms with Crippen molar-refractivity contribution in [3.63, 3.8) is 0 Å². The predicted octanol–water partition coefficient (Wildman–Crippen LogP) is 3.11. The highest BCUT2D eigenvalue weighted by molar-refractivity contribution is 5.81. The Labute approximate surface area is 118 Å². The molecule has 1 aliphatic carbocycles. The quantitative estimate of drug-likeness (QED) is 0.785. The van der Waals surface area contributed by atoms with E-state index < -0.39 is 0 Å². The normalized spacial score (nSPS) is 16.3. The second-order valence-electron chi connectivity index (χ2n) is 5.44. The van der Waals surface area contributed by atoms with Gasteiger partial charge in [0.15, 0.2) is 0 Å². The predicted molar refractivity (Wildman–Crippen MR) is 77.5 cm³/mol. The van der Waals surface area contributed by atoms with E-state index in [0.717, 1.165) is 42.5 Å². The fraction of sp³-hybridized carbons (Fsp3) is 0.500. The number of hydrogen-bond acceptors (Lipinski definition) is 3. The van der Waals surface area contributed by atoms with E-state index in [1.165, 1.54) is 7.11 Å². The summed E-state index contributed by atoms with van der Waals surface area (Å²) in [6, 6.07) is 7.82. The maximum absolute atomic E-state index is 12.2. The third-order valence-electron chi connectivity index (χ3n) is 3.93. The number of rotatable bonds is 5. The molecular formula is C16H20N2O2. The Morgan fingerprint density at radius 2 is 2.20 bits per heavy atom. The van der Waals surface area contributed by atoms with Crippen molar-refractivity contribution in [2.75, 3.05) is 7.11 Å². The lowest BCUT2D eigenvalue weighted by atomic mass is 10.1. The summed E-state index contributed by atoms with van der Waals surface area (Å²) in [5, 5.41) is 0. The van der Waals surface area contributed by atoms with Gasteiger partial charge in [0.05, 0.1) is 18.1 Å². The SMILES string of the molecule is CCCc1nc2ccccc2n1C(C(=O)OC)C1CC1. The summed E-state index contributed by atoms with van der Waals surface area (Å²) in [6.45, 7) is 2.13. The van der Waals surface area contributed by atoms with Crippen LogP contribution in [0.3, 0.4) is 0 Å². The number of carbonyl (C=O) groups excluding carboxylic acids is 1. The monoisotopic (exact) mass is 272 g/mol. The van der Waals surface area contributed by atoms with E-state index in [-0.39, 0.29) is 12.0 Å². The van der Waals surface area contributed by atoms with E-state index >= 15 is 0 Å². The standard InChI is InChI=1S/C16H20N2O2/c1-3-6-14-17-12-7-4-5-8-13(12)18(14)15(11-9-10-11)16(19)20-2/h4-5,7-8,11,15H,3,6,9-10H2,1-2H3. The molecule has 1 aromatic heterocycles. The van der Waals surface area contributed by atoms with E-state index in [4.69, 9.17) is 9.72 Å². The lowest BCUT2D eigenvalue weighted by Crippen LogP contribution is -2.24. The van der Waals surface area contributed by atoms with Crippen LogP contribution in [0.5, 0.6) is 0 Å². The number of hydrogen-bond donors (Lipinski definition) is 0. The van der Waals surface area contributed by atoms with Crippen molar-refractivity contribution in [1.29, 1.82) is 0 Å². The fourth-order valence-corrected chi connectivity index (χ4v) is 2.85. The summed E-state index contributed by atoms with van der Waals surface area (Å²) >= 11 is 0. The van der Waals surface area contributed by atoms with E-state index in [2.05, 4.69) is 11.5 Å². The Hall–Kier alpha value is -1.84. The molecule has 0 saturated heterocycles. The first-order chi connectivity index (χ1) is 9.76. The minimum absolute atomic E-state index is 0.145. The molecule has 1 saturated carbocycles. The van der Waals surface area contributed by atoms with Gasteiger partial charge in [0.25, 0.3) is 0 Å². The van der Waals surface area contributed by atoms with Crippen molar-refractivity contribution < 1.29 is 9.53 Å². The summed E-state index contributed by atoms with van der Waals surface area (Å²) in [4.78, 5) is 16.9. The summed E-state index contributed by atoms with van der Waals surface area (Å²) < 4.78 is 7.15. The largest absolute Gasteiger partial charge is 0.467 e. The molecule has 106 valence electrons. The molecule has 0 spiro atoms.